The highest BCUT2D eigenvalue weighted by Gasteiger charge is 2.16. The molecule has 1 unspecified atom stereocenters. The zero-order valence-corrected chi connectivity index (χ0v) is 16.4. The van der Waals surface area contributed by atoms with E-state index in [0.29, 0.717) is 29.5 Å². The molecule has 2 aromatic rings. The van der Waals surface area contributed by atoms with E-state index in [4.69, 9.17) is 4.74 Å². The first-order chi connectivity index (χ1) is 12.9. The van der Waals surface area contributed by atoms with Crippen molar-refractivity contribution < 1.29 is 14.3 Å². The van der Waals surface area contributed by atoms with Crippen LogP contribution >= 0.6 is 0 Å². The first-order valence-corrected chi connectivity index (χ1v) is 9.27. The van der Waals surface area contributed by atoms with E-state index in [-0.39, 0.29) is 11.8 Å². The average Bonchev–Trinajstić information content (AvgIpc) is 2.65. The van der Waals surface area contributed by atoms with Gasteiger partial charge >= 0.3 is 0 Å². The molecule has 0 saturated carbocycles. The van der Waals surface area contributed by atoms with Crippen molar-refractivity contribution in [2.45, 2.75) is 40.2 Å². The summed E-state index contributed by atoms with van der Waals surface area (Å²) < 4.78 is 5.60. The molecule has 0 saturated heterocycles. The normalized spacial score (nSPS) is 11.9. The maximum Gasteiger partial charge on any atom is 0.255 e. The van der Waals surface area contributed by atoms with Gasteiger partial charge in [0.05, 0.1) is 0 Å². The summed E-state index contributed by atoms with van der Waals surface area (Å²) in [6.07, 6.45) is 0.378. The summed E-state index contributed by atoms with van der Waals surface area (Å²) in [4.78, 5) is 24.7. The molecule has 0 aromatic heterocycles. The van der Waals surface area contributed by atoms with E-state index in [2.05, 4.69) is 24.5 Å². The van der Waals surface area contributed by atoms with E-state index in [1.54, 1.807) is 25.1 Å². The maximum absolute atomic E-state index is 12.4. The van der Waals surface area contributed by atoms with Gasteiger partial charge in [0.2, 0.25) is 0 Å². The fraction of sp³-hybridized carbons (Fsp3) is 0.364. The SMILES string of the molecule is Cc1c(NC(=O)c2ccccc2)cccc1NC(=O)C(C)OCCC(C)C. The van der Waals surface area contributed by atoms with E-state index in [9.17, 15) is 9.59 Å². The summed E-state index contributed by atoms with van der Waals surface area (Å²) in [6, 6.07) is 14.4. The molecule has 0 heterocycles. The first kappa shape index (κ1) is 20.6. The van der Waals surface area contributed by atoms with Crippen molar-refractivity contribution in [3.63, 3.8) is 0 Å². The van der Waals surface area contributed by atoms with Crippen molar-refractivity contribution in [2.75, 3.05) is 17.2 Å². The monoisotopic (exact) mass is 368 g/mol. The Balaban J connectivity index is 2.01. The molecule has 2 N–H and O–H groups in total. The standard InChI is InChI=1S/C22H28N2O3/c1-15(2)13-14-27-17(4)21(25)23-19-11-8-12-20(16(19)3)24-22(26)18-9-6-5-7-10-18/h5-12,15,17H,13-14H2,1-4H3,(H,23,25)(H,24,26). The molecule has 5 heteroatoms. The van der Waals surface area contributed by atoms with E-state index in [0.717, 1.165) is 12.0 Å². The van der Waals surface area contributed by atoms with Gasteiger partial charge in [-0.3, -0.25) is 9.59 Å². The summed E-state index contributed by atoms with van der Waals surface area (Å²) in [5.74, 6) is 0.147. The number of carbonyl (C=O) groups is 2. The molecule has 2 rings (SSSR count). The van der Waals surface area contributed by atoms with Crippen LogP contribution in [0.1, 0.15) is 43.1 Å². The van der Waals surface area contributed by atoms with Crippen LogP contribution in [0.2, 0.25) is 0 Å². The third kappa shape index (κ3) is 6.22. The predicted octanol–water partition coefficient (Wildman–Crippen LogP) is 4.64. The molecule has 0 radical (unpaired) electrons. The lowest BCUT2D eigenvalue weighted by atomic mass is 10.1. The largest absolute Gasteiger partial charge is 0.369 e. The van der Waals surface area contributed by atoms with Crippen LogP contribution in [-0.2, 0) is 9.53 Å². The Morgan fingerprint density at radius 1 is 0.926 bits per heavy atom. The van der Waals surface area contributed by atoms with Crippen LogP contribution in [-0.4, -0.2) is 24.5 Å². The summed E-state index contributed by atoms with van der Waals surface area (Å²) in [6.45, 7) is 8.39. The second-order valence-corrected chi connectivity index (χ2v) is 6.98. The molecule has 2 aromatic carbocycles. The van der Waals surface area contributed by atoms with E-state index in [1.165, 1.54) is 0 Å². The third-order valence-electron chi connectivity index (χ3n) is 4.31. The minimum absolute atomic E-state index is 0.187. The molecule has 0 spiro atoms. The summed E-state index contributed by atoms with van der Waals surface area (Å²) in [5, 5.41) is 5.78. The first-order valence-electron chi connectivity index (χ1n) is 9.27. The molecule has 0 aliphatic carbocycles. The molecule has 144 valence electrons. The van der Waals surface area contributed by atoms with Gasteiger partial charge in [-0.2, -0.15) is 0 Å². The van der Waals surface area contributed by atoms with Crippen molar-refractivity contribution in [3.05, 3.63) is 59.7 Å². The quantitative estimate of drug-likeness (QED) is 0.713. The fourth-order valence-corrected chi connectivity index (χ4v) is 2.48. The molecule has 0 aliphatic rings. The Hall–Kier alpha value is -2.66. The van der Waals surface area contributed by atoms with Crippen LogP contribution < -0.4 is 10.6 Å². The van der Waals surface area contributed by atoms with Gasteiger partial charge in [-0.15, -0.1) is 0 Å². The van der Waals surface area contributed by atoms with Gasteiger partial charge in [0, 0.05) is 23.5 Å². The maximum atomic E-state index is 12.4. The van der Waals surface area contributed by atoms with Crippen LogP contribution in [0.3, 0.4) is 0 Å². The van der Waals surface area contributed by atoms with Crippen LogP contribution in [0.5, 0.6) is 0 Å². The lowest BCUT2D eigenvalue weighted by molar-refractivity contribution is -0.126. The van der Waals surface area contributed by atoms with Crippen molar-refractivity contribution in [1.82, 2.24) is 0 Å². The van der Waals surface area contributed by atoms with Gasteiger partial charge in [-0.1, -0.05) is 38.1 Å². The molecule has 0 bridgehead atoms. The van der Waals surface area contributed by atoms with E-state index >= 15 is 0 Å². The summed E-state index contributed by atoms with van der Waals surface area (Å²) in [7, 11) is 0. The molecule has 5 nitrogen and oxygen atoms in total. The highest BCUT2D eigenvalue weighted by Crippen LogP contribution is 2.24. The molecule has 27 heavy (non-hydrogen) atoms. The second-order valence-electron chi connectivity index (χ2n) is 6.98. The van der Waals surface area contributed by atoms with Crippen LogP contribution in [0, 0.1) is 12.8 Å². The minimum atomic E-state index is -0.536. The van der Waals surface area contributed by atoms with Crippen LogP contribution in [0.25, 0.3) is 0 Å². The number of benzene rings is 2. The smallest absolute Gasteiger partial charge is 0.255 e. The zero-order chi connectivity index (χ0) is 19.8. The number of carbonyl (C=O) groups excluding carboxylic acids is 2. The van der Waals surface area contributed by atoms with Gasteiger partial charge in [-0.25, -0.2) is 0 Å². The third-order valence-corrected chi connectivity index (χ3v) is 4.31. The Labute approximate surface area is 161 Å². The molecule has 0 aliphatic heterocycles. The number of nitrogens with one attached hydrogen (secondary N) is 2. The van der Waals surface area contributed by atoms with E-state index < -0.39 is 6.10 Å². The number of rotatable bonds is 8. The van der Waals surface area contributed by atoms with E-state index in [1.807, 2.05) is 37.3 Å². The molecular formula is C22H28N2O3. The van der Waals surface area contributed by atoms with Crippen molar-refractivity contribution in [3.8, 4) is 0 Å². The predicted molar refractivity (Wildman–Crippen MR) is 109 cm³/mol. The van der Waals surface area contributed by atoms with Crippen molar-refractivity contribution >= 4 is 23.2 Å². The minimum Gasteiger partial charge on any atom is -0.369 e. The van der Waals surface area contributed by atoms with Crippen LogP contribution in [0.15, 0.2) is 48.5 Å². The Bertz CT molecular complexity index is 772. The topological polar surface area (TPSA) is 67.4 Å². The number of anilines is 2. The molecular weight excluding hydrogens is 340 g/mol. The fourth-order valence-electron chi connectivity index (χ4n) is 2.48. The highest BCUT2D eigenvalue weighted by molar-refractivity contribution is 6.05. The van der Waals surface area contributed by atoms with Gasteiger partial charge in [-0.05, 0) is 56.0 Å². The highest BCUT2D eigenvalue weighted by atomic mass is 16.5. The lowest BCUT2D eigenvalue weighted by Crippen LogP contribution is -2.28. The van der Waals surface area contributed by atoms with Gasteiger partial charge in [0.1, 0.15) is 6.10 Å². The summed E-state index contributed by atoms with van der Waals surface area (Å²) >= 11 is 0. The number of ether oxygens (including phenoxy) is 1. The van der Waals surface area contributed by atoms with Crippen molar-refractivity contribution in [2.24, 2.45) is 5.92 Å². The number of amides is 2. The lowest BCUT2D eigenvalue weighted by Gasteiger charge is -2.17. The number of hydrogen-bond donors (Lipinski definition) is 2. The molecule has 2 amide bonds. The molecule has 0 fully saturated rings. The van der Waals surface area contributed by atoms with Gasteiger partial charge in [0.25, 0.3) is 11.8 Å². The Kier molecular flexibility index (Phi) is 7.55. The zero-order valence-electron chi connectivity index (χ0n) is 16.4. The van der Waals surface area contributed by atoms with Gasteiger partial charge < -0.3 is 15.4 Å². The Morgan fingerprint density at radius 3 is 2.19 bits per heavy atom. The van der Waals surface area contributed by atoms with Crippen molar-refractivity contribution in [1.29, 1.82) is 0 Å². The molecule has 1 atom stereocenters. The van der Waals surface area contributed by atoms with Crippen LogP contribution in [0.4, 0.5) is 11.4 Å². The average molecular weight is 368 g/mol. The Morgan fingerprint density at radius 2 is 1.56 bits per heavy atom. The second kappa shape index (κ2) is 9.88. The number of hydrogen-bond acceptors (Lipinski definition) is 3. The summed E-state index contributed by atoms with van der Waals surface area (Å²) in [5.41, 5.74) is 2.70. The van der Waals surface area contributed by atoms with Gasteiger partial charge in [0.15, 0.2) is 0 Å².